The maximum absolute atomic E-state index is 13.0. The fourth-order valence-electron chi connectivity index (χ4n) is 3.56. The van der Waals surface area contributed by atoms with Gasteiger partial charge in [0.05, 0.1) is 15.7 Å². The minimum Gasteiger partial charge on any atom is -0.490 e. The summed E-state index contributed by atoms with van der Waals surface area (Å²) in [5.74, 6) is -0.648. The van der Waals surface area contributed by atoms with Gasteiger partial charge in [0.15, 0.2) is 18.1 Å². The molecule has 0 aliphatic rings. The largest absolute Gasteiger partial charge is 0.490 e. The van der Waals surface area contributed by atoms with Crippen molar-refractivity contribution >= 4 is 51.9 Å². The van der Waals surface area contributed by atoms with Crippen molar-refractivity contribution in [3.8, 4) is 17.6 Å². The van der Waals surface area contributed by atoms with Gasteiger partial charge in [-0.05, 0) is 103 Å². The lowest BCUT2D eigenvalue weighted by Gasteiger charge is -2.15. The summed E-state index contributed by atoms with van der Waals surface area (Å²) in [5.41, 5.74) is 1.63. The molecular formula is C29H25F3IN3O4. The Bertz CT molecular complexity index is 1500. The fraction of sp³-hybridized carbons (Fsp3) is 0.207. The monoisotopic (exact) mass is 663 g/mol. The Morgan fingerprint density at radius 2 is 1.80 bits per heavy atom. The lowest BCUT2D eigenvalue weighted by atomic mass is 10.1. The number of carbonyl (C=O) groups excluding carboxylic acids is 2. The number of halogens is 4. The molecule has 3 aromatic rings. The quantitative estimate of drug-likeness (QED) is 0.148. The molecule has 11 heteroatoms. The van der Waals surface area contributed by atoms with Gasteiger partial charge in [0.25, 0.3) is 11.8 Å². The highest BCUT2D eigenvalue weighted by atomic mass is 127. The number of amides is 2. The highest BCUT2D eigenvalue weighted by Crippen LogP contribution is 2.35. The molecule has 0 heterocycles. The summed E-state index contributed by atoms with van der Waals surface area (Å²) in [6.45, 7) is 5.55. The van der Waals surface area contributed by atoms with Crippen LogP contribution in [0.3, 0.4) is 0 Å². The Kier molecular flexibility index (Phi) is 10.2. The first-order valence-corrected chi connectivity index (χ1v) is 13.1. The molecule has 7 nitrogen and oxygen atoms in total. The van der Waals surface area contributed by atoms with Gasteiger partial charge in [0.1, 0.15) is 11.6 Å². The van der Waals surface area contributed by atoms with E-state index < -0.39 is 17.6 Å². The van der Waals surface area contributed by atoms with Crippen LogP contribution in [-0.2, 0) is 15.8 Å². The van der Waals surface area contributed by atoms with E-state index in [-0.39, 0.29) is 36.1 Å². The summed E-state index contributed by atoms with van der Waals surface area (Å²) in [4.78, 5) is 25.2. The van der Waals surface area contributed by atoms with E-state index in [1.807, 2.05) is 54.6 Å². The highest BCUT2D eigenvalue weighted by molar-refractivity contribution is 14.1. The van der Waals surface area contributed by atoms with E-state index >= 15 is 0 Å². The zero-order valence-corrected chi connectivity index (χ0v) is 23.9. The molecule has 40 heavy (non-hydrogen) atoms. The van der Waals surface area contributed by atoms with E-state index in [1.165, 1.54) is 12.1 Å². The SMILES string of the molecule is CCOc1cc(/C=C(\C#N)C(=O)Nc2cccc(C(F)(F)F)c2)cc(I)c1OCC(=O)Nc1cc(C)ccc1C. The maximum atomic E-state index is 13.0. The Balaban J connectivity index is 1.79. The number of nitrogens with one attached hydrogen (secondary N) is 2. The van der Waals surface area contributed by atoms with Gasteiger partial charge in [0, 0.05) is 11.4 Å². The number of nitriles is 1. The molecule has 0 fully saturated rings. The zero-order chi connectivity index (χ0) is 29.4. The van der Waals surface area contributed by atoms with Crippen LogP contribution in [0, 0.1) is 28.7 Å². The van der Waals surface area contributed by atoms with Crippen molar-refractivity contribution in [1.29, 1.82) is 5.26 Å². The molecule has 0 aliphatic carbocycles. The Labute approximate surface area is 243 Å². The van der Waals surface area contributed by atoms with Gasteiger partial charge in [-0.25, -0.2) is 0 Å². The summed E-state index contributed by atoms with van der Waals surface area (Å²) in [6, 6.07) is 14.8. The first kappa shape index (κ1) is 30.5. The predicted molar refractivity (Wildman–Crippen MR) is 154 cm³/mol. The van der Waals surface area contributed by atoms with Crippen molar-refractivity contribution in [3.63, 3.8) is 0 Å². The summed E-state index contributed by atoms with van der Waals surface area (Å²) in [6.07, 6.45) is -3.30. The van der Waals surface area contributed by atoms with Crippen LogP contribution in [0.15, 0.2) is 60.2 Å². The number of aryl methyl sites for hydroxylation is 2. The van der Waals surface area contributed by atoms with Crippen molar-refractivity contribution in [2.45, 2.75) is 26.9 Å². The second kappa shape index (κ2) is 13.3. The highest BCUT2D eigenvalue weighted by Gasteiger charge is 2.30. The Morgan fingerprint density at radius 1 is 1.05 bits per heavy atom. The van der Waals surface area contributed by atoms with Crippen LogP contribution in [-0.4, -0.2) is 25.0 Å². The topological polar surface area (TPSA) is 100 Å². The minimum absolute atomic E-state index is 0.103. The second-order valence-electron chi connectivity index (χ2n) is 8.62. The average molecular weight is 663 g/mol. The third-order valence-electron chi connectivity index (χ3n) is 5.47. The van der Waals surface area contributed by atoms with Crippen LogP contribution in [0.4, 0.5) is 24.5 Å². The summed E-state index contributed by atoms with van der Waals surface area (Å²) < 4.78 is 51.0. The standard InChI is InChI=1S/C29H25F3IN3O4/c1-4-39-25-13-19(11-20(15-34)28(38)35-22-7-5-6-21(14-22)29(30,31)32)12-23(33)27(25)40-16-26(37)36-24-10-17(2)8-9-18(24)3/h5-14H,4,16H2,1-3H3,(H,35,38)(H,36,37)/b20-11+. The first-order valence-electron chi connectivity index (χ1n) is 12.0. The number of rotatable bonds is 9. The maximum Gasteiger partial charge on any atom is 0.416 e. The fourth-order valence-corrected chi connectivity index (χ4v) is 4.34. The number of ether oxygens (including phenoxy) is 2. The molecule has 208 valence electrons. The normalized spacial score (nSPS) is 11.4. The molecule has 2 amide bonds. The van der Waals surface area contributed by atoms with Gasteiger partial charge in [0.2, 0.25) is 0 Å². The van der Waals surface area contributed by atoms with Crippen molar-refractivity contribution in [1.82, 2.24) is 0 Å². The molecule has 0 unspecified atom stereocenters. The van der Waals surface area contributed by atoms with Crippen LogP contribution in [0.5, 0.6) is 11.5 Å². The molecule has 0 aliphatic heterocycles. The molecule has 0 bridgehead atoms. The van der Waals surface area contributed by atoms with Crippen molar-refractivity contribution in [3.05, 3.63) is 86.0 Å². The first-order chi connectivity index (χ1) is 18.9. The zero-order valence-electron chi connectivity index (χ0n) is 21.8. The van der Waals surface area contributed by atoms with E-state index in [2.05, 4.69) is 10.6 Å². The van der Waals surface area contributed by atoms with E-state index in [0.717, 1.165) is 29.3 Å². The van der Waals surface area contributed by atoms with Crippen molar-refractivity contribution < 1.29 is 32.2 Å². The molecule has 0 spiro atoms. The second-order valence-corrected chi connectivity index (χ2v) is 9.78. The summed E-state index contributed by atoms with van der Waals surface area (Å²) in [5, 5.41) is 14.7. The molecule has 0 saturated carbocycles. The van der Waals surface area contributed by atoms with Crippen LogP contribution in [0.2, 0.25) is 0 Å². The van der Waals surface area contributed by atoms with Crippen LogP contribution in [0.1, 0.15) is 29.2 Å². The lowest BCUT2D eigenvalue weighted by Crippen LogP contribution is -2.21. The molecule has 2 N–H and O–H groups in total. The predicted octanol–water partition coefficient (Wildman–Crippen LogP) is 6.89. The van der Waals surface area contributed by atoms with Crippen LogP contribution >= 0.6 is 22.6 Å². The molecule has 0 saturated heterocycles. The van der Waals surface area contributed by atoms with Gasteiger partial charge in [-0.15, -0.1) is 0 Å². The minimum atomic E-state index is -4.58. The van der Waals surface area contributed by atoms with Gasteiger partial charge >= 0.3 is 6.18 Å². The van der Waals surface area contributed by atoms with Crippen molar-refractivity contribution in [2.75, 3.05) is 23.8 Å². The number of carbonyl (C=O) groups is 2. The number of benzene rings is 3. The average Bonchev–Trinajstić information content (AvgIpc) is 2.88. The molecule has 3 aromatic carbocycles. The third-order valence-corrected chi connectivity index (χ3v) is 6.27. The molecule has 3 rings (SSSR count). The van der Waals surface area contributed by atoms with E-state index in [4.69, 9.17) is 9.47 Å². The van der Waals surface area contributed by atoms with E-state index in [0.29, 0.717) is 20.6 Å². The smallest absolute Gasteiger partial charge is 0.416 e. The molecule has 0 atom stereocenters. The van der Waals surface area contributed by atoms with E-state index in [9.17, 15) is 28.0 Å². The van der Waals surface area contributed by atoms with Gasteiger partial charge < -0.3 is 20.1 Å². The van der Waals surface area contributed by atoms with Gasteiger partial charge in [-0.2, -0.15) is 18.4 Å². The third kappa shape index (κ3) is 8.22. The van der Waals surface area contributed by atoms with Crippen molar-refractivity contribution in [2.24, 2.45) is 0 Å². The molecule has 0 aromatic heterocycles. The van der Waals surface area contributed by atoms with E-state index in [1.54, 1.807) is 25.1 Å². The lowest BCUT2D eigenvalue weighted by molar-refractivity contribution is -0.137. The van der Waals surface area contributed by atoms with Crippen LogP contribution in [0.25, 0.3) is 6.08 Å². The van der Waals surface area contributed by atoms with Crippen LogP contribution < -0.4 is 20.1 Å². The van der Waals surface area contributed by atoms with Gasteiger partial charge in [-0.1, -0.05) is 18.2 Å². The number of nitrogens with zero attached hydrogens (tertiary/aromatic N) is 1. The number of hydrogen-bond acceptors (Lipinski definition) is 5. The Morgan fingerprint density at radius 3 is 2.48 bits per heavy atom. The summed E-state index contributed by atoms with van der Waals surface area (Å²) >= 11 is 1.98. The number of hydrogen-bond donors (Lipinski definition) is 2. The molecular weight excluding hydrogens is 638 g/mol. The number of anilines is 2. The number of alkyl halides is 3. The Hall–Kier alpha value is -4.05. The summed E-state index contributed by atoms with van der Waals surface area (Å²) in [7, 11) is 0. The molecule has 0 radical (unpaired) electrons. The van der Waals surface area contributed by atoms with Gasteiger partial charge in [-0.3, -0.25) is 9.59 Å².